The summed E-state index contributed by atoms with van der Waals surface area (Å²) >= 11 is 0. The average molecular weight is 338 g/mol. The van der Waals surface area contributed by atoms with Crippen LogP contribution in [0.15, 0.2) is 47.4 Å². The van der Waals surface area contributed by atoms with E-state index < -0.39 is 20.6 Å². The summed E-state index contributed by atoms with van der Waals surface area (Å²) < 4.78 is 36.7. The maximum Gasteiger partial charge on any atom is 0.269 e. The van der Waals surface area contributed by atoms with Crippen molar-refractivity contribution in [1.29, 1.82) is 0 Å². The third-order valence-corrected chi connectivity index (χ3v) is 4.45. The molecule has 1 atom stereocenters. The second kappa shape index (κ2) is 6.33. The Balaban J connectivity index is 2.19. The van der Waals surface area contributed by atoms with Gasteiger partial charge in [-0.15, -0.1) is 0 Å². The quantitative estimate of drug-likeness (QED) is 0.667. The summed E-state index contributed by atoms with van der Waals surface area (Å²) in [5.74, 6) is -0.803. The number of anilines is 1. The first-order valence-electron chi connectivity index (χ1n) is 6.69. The molecule has 0 aliphatic rings. The number of sulfone groups is 1. The molecule has 2 rings (SSSR count). The van der Waals surface area contributed by atoms with E-state index in [4.69, 9.17) is 0 Å². The van der Waals surface area contributed by atoms with Gasteiger partial charge >= 0.3 is 0 Å². The molecule has 1 N–H and O–H groups in total. The molecule has 0 aliphatic carbocycles. The fourth-order valence-electron chi connectivity index (χ4n) is 2.10. The highest BCUT2D eigenvalue weighted by Crippen LogP contribution is 2.24. The lowest BCUT2D eigenvalue weighted by Gasteiger charge is -2.16. The molecule has 0 saturated heterocycles. The molecule has 0 aromatic heterocycles. The van der Waals surface area contributed by atoms with Crippen LogP contribution in [0.4, 0.5) is 15.8 Å². The Morgan fingerprint density at radius 2 is 1.78 bits per heavy atom. The van der Waals surface area contributed by atoms with E-state index in [0.29, 0.717) is 11.3 Å². The van der Waals surface area contributed by atoms with E-state index in [2.05, 4.69) is 5.32 Å². The van der Waals surface area contributed by atoms with E-state index in [1.807, 2.05) is 0 Å². The Morgan fingerprint density at radius 1 is 1.17 bits per heavy atom. The summed E-state index contributed by atoms with van der Waals surface area (Å²) in [6.45, 7) is 1.77. The maximum absolute atomic E-state index is 13.9. The molecule has 0 amide bonds. The molecule has 0 heterocycles. The Labute approximate surface area is 133 Å². The molecule has 122 valence electrons. The van der Waals surface area contributed by atoms with Crippen molar-refractivity contribution in [3.63, 3.8) is 0 Å². The molecular weight excluding hydrogens is 323 g/mol. The zero-order chi connectivity index (χ0) is 17.2. The topological polar surface area (TPSA) is 89.3 Å². The van der Waals surface area contributed by atoms with Crippen LogP contribution < -0.4 is 5.32 Å². The van der Waals surface area contributed by atoms with Gasteiger partial charge in [0.05, 0.1) is 4.92 Å². The van der Waals surface area contributed by atoms with Crippen LogP contribution in [0, 0.1) is 15.9 Å². The summed E-state index contributed by atoms with van der Waals surface area (Å²) in [7, 11) is -3.61. The van der Waals surface area contributed by atoms with Crippen LogP contribution in [0.5, 0.6) is 0 Å². The summed E-state index contributed by atoms with van der Waals surface area (Å²) in [4.78, 5) is 9.76. The van der Waals surface area contributed by atoms with Crippen LogP contribution in [0.1, 0.15) is 18.5 Å². The van der Waals surface area contributed by atoms with Crippen molar-refractivity contribution in [1.82, 2.24) is 0 Å². The second-order valence-corrected chi connectivity index (χ2v) is 7.12. The van der Waals surface area contributed by atoms with Gasteiger partial charge in [-0.3, -0.25) is 10.1 Å². The summed E-state index contributed by atoms with van der Waals surface area (Å²) in [5, 5.41) is 13.7. The smallest absolute Gasteiger partial charge is 0.269 e. The maximum atomic E-state index is 13.9. The van der Waals surface area contributed by atoms with Crippen molar-refractivity contribution in [2.45, 2.75) is 17.9 Å². The van der Waals surface area contributed by atoms with Gasteiger partial charge in [0.25, 0.3) is 5.69 Å². The average Bonchev–Trinajstić information content (AvgIpc) is 2.46. The van der Waals surface area contributed by atoms with Gasteiger partial charge < -0.3 is 5.32 Å². The van der Waals surface area contributed by atoms with Gasteiger partial charge in [-0.25, -0.2) is 12.8 Å². The number of non-ortho nitro benzene ring substituents is 1. The summed E-state index contributed by atoms with van der Waals surface area (Å²) in [6.07, 6.45) is 0.948. The Kier molecular flexibility index (Phi) is 4.65. The fraction of sp³-hybridized carbons (Fsp3) is 0.200. The zero-order valence-corrected chi connectivity index (χ0v) is 13.3. The highest BCUT2D eigenvalue weighted by Gasteiger charge is 2.16. The van der Waals surface area contributed by atoms with Crippen molar-refractivity contribution < 1.29 is 17.7 Å². The van der Waals surface area contributed by atoms with E-state index in [1.165, 1.54) is 30.3 Å². The van der Waals surface area contributed by atoms with Crippen LogP contribution in [0.3, 0.4) is 0 Å². The molecule has 0 radical (unpaired) electrons. The van der Waals surface area contributed by atoms with Gasteiger partial charge in [-0.1, -0.05) is 6.07 Å². The predicted molar refractivity (Wildman–Crippen MR) is 84.6 cm³/mol. The van der Waals surface area contributed by atoms with Crippen LogP contribution in [0.2, 0.25) is 0 Å². The van der Waals surface area contributed by atoms with Crippen molar-refractivity contribution in [3.05, 3.63) is 64.0 Å². The fourth-order valence-corrected chi connectivity index (χ4v) is 2.83. The van der Waals surface area contributed by atoms with Crippen LogP contribution in [-0.2, 0) is 9.84 Å². The molecule has 2 aromatic rings. The van der Waals surface area contributed by atoms with E-state index in [1.54, 1.807) is 19.1 Å². The van der Waals surface area contributed by atoms with Crippen molar-refractivity contribution >= 4 is 21.2 Å². The largest absolute Gasteiger partial charge is 0.379 e. The lowest BCUT2D eigenvalue weighted by atomic mass is 10.1. The molecule has 2 aromatic carbocycles. The van der Waals surface area contributed by atoms with Gasteiger partial charge in [0.15, 0.2) is 9.84 Å². The monoisotopic (exact) mass is 338 g/mol. The lowest BCUT2D eigenvalue weighted by Crippen LogP contribution is -2.08. The van der Waals surface area contributed by atoms with Crippen LogP contribution >= 0.6 is 0 Å². The minimum atomic E-state index is -3.61. The number of hydrogen-bond donors (Lipinski definition) is 1. The number of rotatable bonds is 5. The Bertz CT molecular complexity index is 835. The van der Waals surface area contributed by atoms with Gasteiger partial charge in [0, 0.05) is 30.1 Å². The number of benzene rings is 2. The number of hydrogen-bond acceptors (Lipinski definition) is 5. The first-order chi connectivity index (χ1) is 10.7. The lowest BCUT2D eigenvalue weighted by molar-refractivity contribution is -0.384. The van der Waals surface area contributed by atoms with Gasteiger partial charge in [-0.2, -0.15) is 0 Å². The SMILES string of the molecule is C[C@@H](Nc1ccc([N+](=O)[O-])cc1)c1ccc(S(C)(=O)=O)c(F)c1. The molecule has 8 heteroatoms. The molecule has 0 unspecified atom stereocenters. The second-order valence-electron chi connectivity index (χ2n) is 5.13. The van der Waals surface area contributed by atoms with Gasteiger partial charge in [0.1, 0.15) is 10.7 Å². The number of nitrogens with zero attached hydrogens (tertiary/aromatic N) is 1. The van der Waals surface area contributed by atoms with E-state index in [-0.39, 0.29) is 16.6 Å². The van der Waals surface area contributed by atoms with E-state index in [9.17, 15) is 22.9 Å². The minimum absolute atomic E-state index is 0.0215. The molecular formula is C15H15FN2O4S. The summed E-state index contributed by atoms with van der Waals surface area (Å²) in [6, 6.07) is 9.45. The Hall–Kier alpha value is -2.48. The van der Waals surface area contributed by atoms with Crippen LogP contribution in [0.25, 0.3) is 0 Å². The molecule has 0 saturated carbocycles. The van der Waals surface area contributed by atoms with E-state index in [0.717, 1.165) is 6.26 Å². The van der Waals surface area contributed by atoms with Crippen LogP contribution in [-0.4, -0.2) is 19.6 Å². The molecule has 0 spiro atoms. The first-order valence-corrected chi connectivity index (χ1v) is 8.58. The third kappa shape index (κ3) is 4.04. The molecule has 6 nitrogen and oxygen atoms in total. The molecule has 0 aliphatic heterocycles. The molecule has 23 heavy (non-hydrogen) atoms. The number of halogens is 1. The van der Waals surface area contributed by atoms with Gasteiger partial charge in [-0.05, 0) is 36.8 Å². The highest BCUT2D eigenvalue weighted by atomic mass is 32.2. The van der Waals surface area contributed by atoms with Crippen molar-refractivity contribution in [3.8, 4) is 0 Å². The summed E-state index contributed by atoms with van der Waals surface area (Å²) in [5.41, 5.74) is 1.18. The zero-order valence-electron chi connectivity index (χ0n) is 12.5. The highest BCUT2D eigenvalue weighted by molar-refractivity contribution is 7.90. The third-order valence-electron chi connectivity index (χ3n) is 3.32. The normalized spacial score (nSPS) is 12.7. The number of nitro groups is 1. The number of nitrogens with one attached hydrogen (secondary N) is 1. The van der Waals surface area contributed by atoms with Gasteiger partial charge in [0.2, 0.25) is 0 Å². The standard InChI is InChI=1S/C15H15FN2O4S/c1-10(17-12-4-6-13(7-5-12)18(19)20)11-3-8-15(14(16)9-11)23(2,21)22/h3-10,17H,1-2H3/t10-/m1/s1. The Morgan fingerprint density at radius 3 is 2.26 bits per heavy atom. The predicted octanol–water partition coefficient (Wildman–Crippen LogP) is 3.31. The molecule has 0 bridgehead atoms. The first kappa shape index (κ1) is 16.9. The molecule has 0 fully saturated rings. The van der Waals surface area contributed by atoms with Crippen molar-refractivity contribution in [2.75, 3.05) is 11.6 Å². The number of nitro benzene ring substituents is 1. The minimum Gasteiger partial charge on any atom is -0.379 e. The van der Waals surface area contributed by atoms with E-state index >= 15 is 0 Å². The van der Waals surface area contributed by atoms with Crippen molar-refractivity contribution in [2.24, 2.45) is 0 Å².